The van der Waals surface area contributed by atoms with Crippen LogP contribution in [-0.4, -0.2) is 49.2 Å². The normalized spacial score (nSPS) is 12.4. The maximum atomic E-state index is 12.1. The standard InChI is InChI=1S/C22H23N5O3/c1-25(13-17-12-23-27(14-17)19-10-6-3-7-11-19)15-20(28)16-26-21(24-30-22(26)29)18-8-4-2-5-9-18/h2-12,14,20,28H,13,15-16H2,1H3. The molecule has 2 aromatic carbocycles. The van der Waals surface area contributed by atoms with E-state index in [1.807, 2.05) is 89.7 Å². The average Bonchev–Trinajstić information content (AvgIpc) is 3.36. The van der Waals surface area contributed by atoms with E-state index in [0.717, 1.165) is 16.8 Å². The van der Waals surface area contributed by atoms with Crippen LogP contribution in [0.3, 0.4) is 0 Å². The van der Waals surface area contributed by atoms with Gasteiger partial charge in [-0.3, -0.25) is 14.0 Å². The Morgan fingerprint density at radius 3 is 2.53 bits per heavy atom. The first-order valence-corrected chi connectivity index (χ1v) is 9.67. The molecule has 0 aliphatic carbocycles. The van der Waals surface area contributed by atoms with Gasteiger partial charge in [0.2, 0.25) is 0 Å². The Hall–Kier alpha value is -3.49. The summed E-state index contributed by atoms with van der Waals surface area (Å²) in [6.07, 6.45) is 3.02. The SMILES string of the molecule is CN(Cc1cnn(-c2ccccc2)c1)CC(O)Cn1c(-c2ccccc2)noc1=O. The van der Waals surface area contributed by atoms with Crippen LogP contribution in [0.25, 0.3) is 17.1 Å². The lowest BCUT2D eigenvalue weighted by Gasteiger charge is -2.20. The lowest BCUT2D eigenvalue weighted by molar-refractivity contribution is 0.105. The number of aliphatic hydroxyl groups is 1. The molecule has 8 heteroatoms. The van der Waals surface area contributed by atoms with Gasteiger partial charge in [-0.25, -0.2) is 9.48 Å². The van der Waals surface area contributed by atoms with Crippen LogP contribution in [0.2, 0.25) is 0 Å². The summed E-state index contributed by atoms with van der Waals surface area (Å²) in [4.78, 5) is 14.0. The summed E-state index contributed by atoms with van der Waals surface area (Å²) < 4.78 is 8.00. The molecule has 0 fully saturated rings. The third-order valence-corrected chi connectivity index (χ3v) is 4.74. The molecule has 0 amide bonds. The van der Waals surface area contributed by atoms with Gasteiger partial charge in [0.1, 0.15) is 0 Å². The molecule has 4 rings (SSSR count). The molecule has 30 heavy (non-hydrogen) atoms. The fraction of sp³-hybridized carbons (Fsp3) is 0.227. The number of hydrogen-bond acceptors (Lipinski definition) is 6. The highest BCUT2D eigenvalue weighted by molar-refractivity contribution is 5.54. The highest BCUT2D eigenvalue weighted by Crippen LogP contribution is 2.15. The summed E-state index contributed by atoms with van der Waals surface area (Å²) in [7, 11) is 1.91. The van der Waals surface area contributed by atoms with Crippen LogP contribution in [0.15, 0.2) is 82.4 Å². The van der Waals surface area contributed by atoms with Crippen molar-refractivity contribution < 1.29 is 9.63 Å². The minimum absolute atomic E-state index is 0.0974. The molecule has 0 aliphatic rings. The fourth-order valence-corrected chi connectivity index (χ4v) is 3.39. The molecule has 1 atom stereocenters. The van der Waals surface area contributed by atoms with E-state index in [0.29, 0.717) is 18.9 Å². The van der Waals surface area contributed by atoms with Crippen molar-refractivity contribution in [2.45, 2.75) is 19.2 Å². The van der Waals surface area contributed by atoms with Crippen LogP contribution in [0.4, 0.5) is 0 Å². The molecule has 0 saturated carbocycles. The molecule has 4 aromatic rings. The van der Waals surface area contributed by atoms with E-state index in [-0.39, 0.29) is 6.54 Å². The first kappa shape index (κ1) is 19.8. The van der Waals surface area contributed by atoms with Gasteiger partial charge in [-0.05, 0) is 19.2 Å². The van der Waals surface area contributed by atoms with Crippen LogP contribution < -0.4 is 5.76 Å². The minimum Gasteiger partial charge on any atom is -0.390 e. The summed E-state index contributed by atoms with van der Waals surface area (Å²) >= 11 is 0. The first-order valence-electron chi connectivity index (χ1n) is 9.67. The highest BCUT2D eigenvalue weighted by atomic mass is 16.5. The second-order valence-electron chi connectivity index (χ2n) is 7.23. The van der Waals surface area contributed by atoms with E-state index < -0.39 is 11.9 Å². The number of hydrogen-bond donors (Lipinski definition) is 1. The van der Waals surface area contributed by atoms with Gasteiger partial charge in [-0.15, -0.1) is 0 Å². The summed E-state index contributed by atoms with van der Waals surface area (Å²) in [5, 5.41) is 18.8. The van der Waals surface area contributed by atoms with Crippen molar-refractivity contribution in [1.29, 1.82) is 0 Å². The fourth-order valence-electron chi connectivity index (χ4n) is 3.39. The summed E-state index contributed by atoms with van der Waals surface area (Å²) in [5.41, 5.74) is 2.78. The van der Waals surface area contributed by atoms with Crippen molar-refractivity contribution in [3.05, 3.63) is 89.2 Å². The molecule has 0 radical (unpaired) electrons. The molecule has 1 N–H and O–H groups in total. The van der Waals surface area contributed by atoms with Gasteiger partial charge in [0.05, 0.1) is 24.5 Å². The van der Waals surface area contributed by atoms with Gasteiger partial charge in [0, 0.05) is 30.4 Å². The van der Waals surface area contributed by atoms with E-state index in [1.54, 1.807) is 0 Å². The number of rotatable bonds is 8. The van der Waals surface area contributed by atoms with E-state index >= 15 is 0 Å². The largest absolute Gasteiger partial charge is 0.441 e. The van der Waals surface area contributed by atoms with E-state index in [2.05, 4.69) is 10.3 Å². The highest BCUT2D eigenvalue weighted by Gasteiger charge is 2.17. The quantitative estimate of drug-likeness (QED) is 0.483. The number of para-hydroxylation sites is 1. The van der Waals surface area contributed by atoms with Crippen molar-refractivity contribution in [1.82, 2.24) is 24.4 Å². The second-order valence-corrected chi connectivity index (χ2v) is 7.23. The number of aliphatic hydroxyl groups excluding tert-OH is 1. The molecule has 0 bridgehead atoms. The van der Waals surface area contributed by atoms with E-state index in [1.165, 1.54) is 4.57 Å². The van der Waals surface area contributed by atoms with Gasteiger partial charge in [0.15, 0.2) is 5.82 Å². The van der Waals surface area contributed by atoms with Gasteiger partial charge in [0.25, 0.3) is 0 Å². The Bertz CT molecular complexity index is 1130. The van der Waals surface area contributed by atoms with Crippen LogP contribution >= 0.6 is 0 Å². The predicted molar refractivity (Wildman–Crippen MR) is 112 cm³/mol. The van der Waals surface area contributed by atoms with Crippen LogP contribution in [0.1, 0.15) is 5.56 Å². The number of nitrogens with zero attached hydrogens (tertiary/aromatic N) is 5. The zero-order valence-electron chi connectivity index (χ0n) is 16.6. The van der Waals surface area contributed by atoms with Crippen LogP contribution in [0, 0.1) is 0 Å². The van der Waals surface area contributed by atoms with Gasteiger partial charge < -0.3 is 5.11 Å². The van der Waals surface area contributed by atoms with Gasteiger partial charge in [-0.1, -0.05) is 53.7 Å². The Kier molecular flexibility index (Phi) is 5.87. The Balaban J connectivity index is 1.38. The van der Waals surface area contributed by atoms with Gasteiger partial charge in [-0.2, -0.15) is 5.10 Å². The average molecular weight is 405 g/mol. The van der Waals surface area contributed by atoms with Crippen molar-refractivity contribution in [2.24, 2.45) is 0 Å². The van der Waals surface area contributed by atoms with Crippen LogP contribution in [0.5, 0.6) is 0 Å². The van der Waals surface area contributed by atoms with Crippen LogP contribution in [-0.2, 0) is 13.1 Å². The number of likely N-dealkylation sites (N-methyl/N-ethyl adjacent to an activating group) is 1. The summed E-state index contributed by atoms with van der Waals surface area (Å²) in [5.74, 6) is -0.175. The maximum absolute atomic E-state index is 12.1. The third-order valence-electron chi connectivity index (χ3n) is 4.74. The zero-order valence-corrected chi connectivity index (χ0v) is 16.6. The lowest BCUT2D eigenvalue weighted by atomic mass is 10.2. The number of benzene rings is 2. The Morgan fingerprint density at radius 1 is 1.10 bits per heavy atom. The molecule has 2 aromatic heterocycles. The number of aromatic nitrogens is 4. The third kappa shape index (κ3) is 4.56. The monoisotopic (exact) mass is 405 g/mol. The topological polar surface area (TPSA) is 89.3 Å². The molecule has 1 unspecified atom stereocenters. The summed E-state index contributed by atoms with van der Waals surface area (Å²) in [6, 6.07) is 19.2. The maximum Gasteiger partial charge on any atom is 0.441 e. The zero-order chi connectivity index (χ0) is 20.9. The molecular weight excluding hydrogens is 382 g/mol. The Morgan fingerprint density at radius 2 is 1.80 bits per heavy atom. The van der Waals surface area contributed by atoms with Crippen molar-refractivity contribution in [3.63, 3.8) is 0 Å². The first-order chi connectivity index (χ1) is 14.6. The predicted octanol–water partition coefficient (Wildman–Crippen LogP) is 2.18. The smallest absolute Gasteiger partial charge is 0.390 e. The van der Waals surface area contributed by atoms with Crippen molar-refractivity contribution in [2.75, 3.05) is 13.6 Å². The summed E-state index contributed by atoms with van der Waals surface area (Å²) in [6.45, 7) is 1.09. The van der Waals surface area contributed by atoms with Crippen molar-refractivity contribution >= 4 is 0 Å². The molecular formula is C22H23N5O3. The molecule has 154 valence electrons. The molecule has 2 heterocycles. The second kappa shape index (κ2) is 8.89. The lowest BCUT2D eigenvalue weighted by Crippen LogP contribution is -2.34. The minimum atomic E-state index is -0.765. The molecule has 0 spiro atoms. The Labute approximate surface area is 173 Å². The van der Waals surface area contributed by atoms with E-state index in [9.17, 15) is 9.90 Å². The molecule has 0 aliphatic heterocycles. The van der Waals surface area contributed by atoms with Crippen molar-refractivity contribution in [3.8, 4) is 17.1 Å². The van der Waals surface area contributed by atoms with E-state index in [4.69, 9.17) is 4.52 Å². The molecule has 8 nitrogen and oxygen atoms in total. The molecule has 0 saturated heterocycles. The van der Waals surface area contributed by atoms with Gasteiger partial charge >= 0.3 is 5.76 Å².